The van der Waals surface area contributed by atoms with Gasteiger partial charge in [-0.15, -0.1) is 0 Å². The van der Waals surface area contributed by atoms with Gasteiger partial charge in [0.15, 0.2) is 0 Å². The lowest BCUT2D eigenvalue weighted by Crippen LogP contribution is -2.43. The lowest BCUT2D eigenvalue weighted by atomic mass is 10.3. The highest BCUT2D eigenvalue weighted by Gasteiger charge is 2.14. The Morgan fingerprint density at radius 3 is 2.55 bits per heavy atom. The number of hydrogen-bond donors (Lipinski definition) is 1. The SMILES string of the molecule is CCN(C(N)=O)C(C)COC. The second kappa shape index (κ2) is 4.96. The number of hydrogen-bond acceptors (Lipinski definition) is 2. The average Bonchev–Trinajstić information content (AvgIpc) is 1.88. The first-order valence-corrected chi connectivity index (χ1v) is 3.68. The number of likely N-dealkylation sites (N-methyl/N-ethyl adjacent to an activating group) is 1. The Morgan fingerprint density at radius 2 is 2.27 bits per heavy atom. The Hall–Kier alpha value is -0.770. The maximum atomic E-state index is 10.7. The van der Waals surface area contributed by atoms with Crippen molar-refractivity contribution in [3.05, 3.63) is 0 Å². The quantitative estimate of drug-likeness (QED) is 0.648. The molecule has 0 aliphatic rings. The van der Waals surface area contributed by atoms with E-state index in [1.54, 1.807) is 12.0 Å². The molecule has 11 heavy (non-hydrogen) atoms. The average molecular weight is 160 g/mol. The number of carbonyl (C=O) groups excluding carboxylic acids is 1. The number of methoxy groups -OCH3 is 1. The molecule has 0 aromatic carbocycles. The van der Waals surface area contributed by atoms with Gasteiger partial charge in [-0.2, -0.15) is 0 Å². The van der Waals surface area contributed by atoms with Crippen LogP contribution in [0, 0.1) is 0 Å². The summed E-state index contributed by atoms with van der Waals surface area (Å²) in [6, 6.07) is -0.334. The van der Waals surface area contributed by atoms with E-state index < -0.39 is 6.03 Å². The van der Waals surface area contributed by atoms with E-state index in [2.05, 4.69) is 0 Å². The summed E-state index contributed by atoms with van der Waals surface area (Å²) >= 11 is 0. The van der Waals surface area contributed by atoms with Crippen LogP contribution in [0.25, 0.3) is 0 Å². The molecule has 0 rings (SSSR count). The molecular weight excluding hydrogens is 144 g/mol. The van der Waals surface area contributed by atoms with E-state index in [9.17, 15) is 4.79 Å². The van der Waals surface area contributed by atoms with Crippen molar-refractivity contribution in [3.63, 3.8) is 0 Å². The summed E-state index contributed by atoms with van der Waals surface area (Å²) in [7, 11) is 1.60. The molecular formula is C7H16N2O2. The first-order chi connectivity index (χ1) is 5.13. The summed E-state index contributed by atoms with van der Waals surface area (Å²) in [6.07, 6.45) is 0. The zero-order valence-electron chi connectivity index (χ0n) is 7.33. The lowest BCUT2D eigenvalue weighted by molar-refractivity contribution is 0.117. The van der Waals surface area contributed by atoms with Crippen LogP contribution in [0.2, 0.25) is 0 Å². The summed E-state index contributed by atoms with van der Waals surface area (Å²) < 4.78 is 4.89. The van der Waals surface area contributed by atoms with Crippen molar-refractivity contribution in [3.8, 4) is 0 Å². The van der Waals surface area contributed by atoms with E-state index in [-0.39, 0.29) is 6.04 Å². The van der Waals surface area contributed by atoms with Crippen LogP contribution in [0.4, 0.5) is 4.79 Å². The predicted molar refractivity (Wildman–Crippen MR) is 43.3 cm³/mol. The molecule has 66 valence electrons. The Balaban J connectivity index is 3.91. The highest BCUT2D eigenvalue weighted by Crippen LogP contribution is 1.97. The molecule has 0 aromatic heterocycles. The van der Waals surface area contributed by atoms with E-state index in [1.165, 1.54) is 0 Å². The smallest absolute Gasteiger partial charge is 0.315 e. The van der Waals surface area contributed by atoms with Gasteiger partial charge in [-0.3, -0.25) is 0 Å². The first kappa shape index (κ1) is 10.2. The number of carbonyl (C=O) groups is 1. The Labute approximate surface area is 67.3 Å². The second-order valence-electron chi connectivity index (χ2n) is 2.43. The molecule has 0 spiro atoms. The highest BCUT2D eigenvalue weighted by molar-refractivity contribution is 5.72. The van der Waals surface area contributed by atoms with Crippen LogP contribution >= 0.6 is 0 Å². The molecule has 0 aliphatic heterocycles. The summed E-state index contributed by atoms with van der Waals surface area (Å²) in [6.45, 7) is 4.94. The largest absolute Gasteiger partial charge is 0.383 e. The molecule has 0 radical (unpaired) electrons. The van der Waals surface area contributed by atoms with Crippen molar-refractivity contribution in [2.75, 3.05) is 20.3 Å². The molecule has 1 atom stereocenters. The third-order valence-electron chi connectivity index (χ3n) is 1.56. The van der Waals surface area contributed by atoms with Crippen LogP contribution in [-0.2, 0) is 4.74 Å². The molecule has 1 unspecified atom stereocenters. The fraction of sp³-hybridized carbons (Fsp3) is 0.857. The van der Waals surface area contributed by atoms with Gasteiger partial charge in [-0.1, -0.05) is 0 Å². The molecule has 0 saturated heterocycles. The molecule has 4 nitrogen and oxygen atoms in total. The lowest BCUT2D eigenvalue weighted by Gasteiger charge is -2.25. The third kappa shape index (κ3) is 3.23. The monoisotopic (exact) mass is 160 g/mol. The summed E-state index contributed by atoms with van der Waals surface area (Å²) in [5, 5.41) is 0. The van der Waals surface area contributed by atoms with Crippen molar-refractivity contribution >= 4 is 6.03 Å². The van der Waals surface area contributed by atoms with Gasteiger partial charge in [-0.25, -0.2) is 4.79 Å². The summed E-state index contributed by atoms with van der Waals surface area (Å²) in [4.78, 5) is 12.3. The number of nitrogens with two attached hydrogens (primary N) is 1. The third-order valence-corrected chi connectivity index (χ3v) is 1.56. The van der Waals surface area contributed by atoms with Crippen molar-refractivity contribution in [1.29, 1.82) is 0 Å². The van der Waals surface area contributed by atoms with Crippen LogP contribution in [0.3, 0.4) is 0 Å². The topological polar surface area (TPSA) is 55.6 Å². The minimum Gasteiger partial charge on any atom is -0.383 e. The number of primary amides is 1. The molecule has 0 fully saturated rings. The van der Waals surface area contributed by atoms with Gasteiger partial charge < -0.3 is 15.4 Å². The van der Waals surface area contributed by atoms with Gasteiger partial charge in [-0.05, 0) is 13.8 Å². The zero-order valence-corrected chi connectivity index (χ0v) is 7.33. The molecule has 2 amide bonds. The minimum absolute atomic E-state index is 0.0579. The molecule has 0 aromatic rings. The van der Waals surface area contributed by atoms with Crippen LogP contribution in [0.15, 0.2) is 0 Å². The van der Waals surface area contributed by atoms with Crippen LogP contribution in [0.1, 0.15) is 13.8 Å². The molecule has 0 bridgehead atoms. The number of ether oxygens (including phenoxy) is 1. The van der Waals surface area contributed by atoms with Gasteiger partial charge in [0.1, 0.15) is 0 Å². The van der Waals surface area contributed by atoms with Gasteiger partial charge >= 0.3 is 6.03 Å². The molecule has 4 heteroatoms. The van der Waals surface area contributed by atoms with Crippen molar-refractivity contribution in [2.45, 2.75) is 19.9 Å². The maximum absolute atomic E-state index is 10.7. The van der Waals surface area contributed by atoms with Crippen molar-refractivity contribution in [1.82, 2.24) is 4.90 Å². The van der Waals surface area contributed by atoms with Crippen molar-refractivity contribution in [2.24, 2.45) is 5.73 Å². The molecule has 0 heterocycles. The van der Waals surface area contributed by atoms with E-state index in [1.807, 2.05) is 13.8 Å². The maximum Gasteiger partial charge on any atom is 0.315 e. The van der Waals surface area contributed by atoms with Gasteiger partial charge in [0.25, 0.3) is 0 Å². The Kier molecular flexibility index (Phi) is 4.61. The number of urea groups is 1. The van der Waals surface area contributed by atoms with Crippen LogP contribution in [0.5, 0.6) is 0 Å². The van der Waals surface area contributed by atoms with Gasteiger partial charge in [0, 0.05) is 13.7 Å². The minimum atomic E-state index is -0.392. The van der Waals surface area contributed by atoms with E-state index in [4.69, 9.17) is 10.5 Å². The van der Waals surface area contributed by atoms with Crippen LogP contribution in [-0.4, -0.2) is 37.2 Å². The Bertz CT molecular complexity index is 128. The number of amides is 2. The second-order valence-corrected chi connectivity index (χ2v) is 2.43. The van der Waals surface area contributed by atoms with Gasteiger partial charge in [0.2, 0.25) is 0 Å². The molecule has 0 saturated carbocycles. The number of rotatable bonds is 4. The van der Waals surface area contributed by atoms with Crippen molar-refractivity contribution < 1.29 is 9.53 Å². The van der Waals surface area contributed by atoms with E-state index in [0.717, 1.165) is 0 Å². The first-order valence-electron chi connectivity index (χ1n) is 3.68. The fourth-order valence-corrected chi connectivity index (χ4v) is 1.02. The Morgan fingerprint density at radius 1 is 1.73 bits per heavy atom. The zero-order chi connectivity index (χ0) is 8.85. The van der Waals surface area contributed by atoms with E-state index in [0.29, 0.717) is 13.2 Å². The number of nitrogens with zero attached hydrogens (tertiary/aromatic N) is 1. The van der Waals surface area contributed by atoms with Gasteiger partial charge in [0.05, 0.1) is 12.6 Å². The standard InChI is InChI=1S/C7H16N2O2/c1-4-9(7(8)10)6(2)5-11-3/h6H,4-5H2,1-3H3,(H2,8,10). The summed E-state index contributed by atoms with van der Waals surface area (Å²) in [5.41, 5.74) is 5.11. The predicted octanol–water partition coefficient (Wildman–Crippen LogP) is 0.422. The van der Waals surface area contributed by atoms with E-state index >= 15 is 0 Å². The summed E-state index contributed by atoms with van der Waals surface area (Å²) in [5.74, 6) is 0. The molecule has 0 aliphatic carbocycles. The normalized spacial score (nSPS) is 12.6. The highest BCUT2D eigenvalue weighted by atomic mass is 16.5. The molecule has 2 N–H and O–H groups in total. The fourth-order valence-electron chi connectivity index (χ4n) is 1.02. The van der Waals surface area contributed by atoms with Crippen LogP contribution < -0.4 is 5.73 Å².